The zero-order valence-corrected chi connectivity index (χ0v) is 22.0. The summed E-state index contributed by atoms with van der Waals surface area (Å²) < 4.78 is 0. The van der Waals surface area contributed by atoms with Gasteiger partial charge in [0, 0.05) is 19.1 Å². The predicted molar refractivity (Wildman–Crippen MR) is 143 cm³/mol. The second-order valence-electron chi connectivity index (χ2n) is 11.3. The molecule has 9 nitrogen and oxygen atoms in total. The lowest BCUT2D eigenvalue weighted by Crippen LogP contribution is -2.60. The van der Waals surface area contributed by atoms with Crippen LogP contribution in [0.1, 0.15) is 60.2 Å². The number of nitrogens with zero attached hydrogens (tertiary/aromatic N) is 2. The largest absolute Gasteiger partial charge is 0.480 e. The van der Waals surface area contributed by atoms with Crippen LogP contribution in [0.4, 0.5) is 0 Å². The van der Waals surface area contributed by atoms with Crippen LogP contribution in [0.2, 0.25) is 0 Å². The highest BCUT2D eigenvalue weighted by Crippen LogP contribution is 2.29. The van der Waals surface area contributed by atoms with E-state index in [1.807, 2.05) is 38.1 Å². The molecule has 3 amide bonds. The van der Waals surface area contributed by atoms with Gasteiger partial charge in [-0.3, -0.25) is 29.4 Å². The lowest BCUT2D eigenvalue weighted by molar-refractivity contribution is -0.140. The quantitative estimate of drug-likeness (QED) is 0.412. The van der Waals surface area contributed by atoms with Crippen molar-refractivity contribution in [2.24, 2.45) is 11.8 Å². The number of nitrogens with one attached hydrogen (secondary N) is 2. The van der Waals surface area contributed by atoms with Crippen LogP contribution in [-0.4, -0.2) is 82.9 Å². The number of imide groups is 1. The van der Waals surface area contributed by atoms with Gasteiger partial charge in [0.1, 0.15) is 6.04 Å². The average Bonchev–Trinajstić information content (AvgIpc) is 3.13. The van der Waals surface area contributed by atoms with E-state index in [2.05, 4.69) is 15.5 Å². The van der Waals surface area contributed by atoms with E-state index in [0.717, 1.165) is 48.1 Å². The molecule has 0 aliphatic carbocycles. The van der Waals surface area contributed by atoms with E-state index in [-0.39, 0.29) is 30.8 Å². The van der Waals surface area contributed by atoms with Gasteiger partial charge in [0.05, 0.1) is 17.2 Å². The van der Waals surface area contributed by atoms with Crippen LogP contribution in [0.25, 0.3) is 10.8 Å². The Labute approximate surface area is 222 Å². The molecule has 3 atom stereocenters. The number of aliphatic carboxylic acids is 1. The molecule has 0 aromatic heterocycles. The molecule has 0 unspecified atom stereocenters. The Hall–Kier alpha value is -3.30. The van der Waals surface area contributed by atoms with Crippen LogP contribution in [-0.2, 0) is 9.59 Å². The lowest BCUT2D eigenvalue weighted by Gasteiger charge is -2.45. The Morgan fingerprint density at radius 2 is 1.61 bits per heavy atom. The first kappa shape index (κ1) is 26.3. The molecule has 2 aromatic rings. The van der Waals surface area contributed by atoms with Crippen molar-refractivity contribution in [2.75, 3.05) is 26.2 Å². The smallest absolute Gasteiger partial charge is 0.320 e. The fourth-order valence-corrected chi connectivity index (χ4v) is 6.09. The molecule has 4 aliphatic rings. The number of carbonyl (C=O) groups excluding carboxylic acids is 3. The summed E-state index contributed by atoms with van der Waals surface area (Å²) >= 11 is 0. The number of carboxylic acids is 1. The third-order valence-corrected chi connectivity index (χ3v) is 8.19. The van der Waals surface area contributed by atoms with Gasteiger partial charge in [-0.1, -0.05) is 38.1 Å². The molecule has 9 heteroatoms. The van der Waals surface area contributed by atoms with Gasteiger partial charge in [0.2, 0.25) is 5.91 Å². The second-order valence-corrected chi connectivity index (χ2v) is 11.3. The van der Waals surface area contributed by atoms with Crippen molar-refractivity contribution in [3.63, 3.8) is 0 Å². The third-order valence-electron chi connectivity index (χ3n) is 8.19. The minimum Gasteiger partial charge on any atom is -0.480 e. The number of hydrogen-bond acceptors (Lipinski definition) is 6. The van der Waals surface area contributed by atoms with Crippen molar-refractivity contribution in [1.82, 2.24) is 20.4 Å². The van der Waals surface area contributed by atoms with Crippen molar-refractivity contribution >= 4 is 34.5 Å². The SMILES string of the molecule is CC(C)C[C@H](N[C@H](CCN1C(=O)c2cc3ccccc3cc2C1=O)C(=O)O)C(=O)N[C@@H]1CN2CCC1CC2. The van der Waals surface area contributed by atoms with Crippen molar-refractivity contribution < 1.29 is 24.3 Å². The number of hydrogen-bond donors (Lipinski definition) is 3. The van der Waals surface area contributed by atoms with E-state index < -0.39 is 29.9 Å². The lowest BCUT2D eigenvalue weighted by atomic mass is 9.84. The molecular formula is C29H36N4O5. The number of piperidine rings is 3. The topological polar surface area (TPSA) is 119 Å². The molecule has 3 N–H and O–H groups in total. The normalized spacial score (nSPS) is 24.1. The van der Waals surface area contributed by atoms with Gasteiger partial charge in [-0.25, -0.2) is 0 Å². The highest BCUT2D eigenvalue weighted by molar-refractivity contribution is 6.23. The first-order valence-corrected chi connectivity index (χ1v) is 13.6. The number of amides is 3. The maximum absolute atomic E-state index is 13.3. The molecule has 0 saturated carbocycles. The summed E-state index contributed by atoms with van der Waals surface area (Å²) in [6.45, 7) is 6.91. The molecule has 0 spiro atoms. The molecule has 2 bridgehead atoms. The molecule has 0 radical (unpaired) electrons. The molecule has 202 valence electrons. The van der Waals surface area contributed by atoms with Crippen LogP contribution < -0.4 is 10.6 Å². The predicted octanol–water partition coefficient (Wildman–Crippen LogP) is 2.49. The number of fused-ring (bicyclic) bond motifs is 5. The van der Waals surface area contributed by atoms with Gasteiger partial charge in [0.15, 0.2) is 0 Å². The van der Waals surface area contributed by atoms with Crippen molar-refractivity contribution in [1.29, 1.82) is 0 Å². The number of rotatable bonds is 10. The van der Waals surface area contributed by atoms with Crippen molar-refractivity contribution in [3.05, 3.63) is 47.5 Å². The average molecular weight is 521 g/mol. The summed E-state index contributed by atoms with van der Waals surface area (Å²) in [5.74, 6) is -1.50. The maximum Gasteiger partial charge on any atom is 0.320 e. The van der Waals surface area contributed by atoms with Crippen molar-refractivity contribution in [2.45, 2.75) is 57.7 Å². The monoisotopic (exact) mass is 520 g/mol. The van der Waals surface area contributed by atoms with Gasteiger partial charge in [-0.2, -0.15) is 0 Å². The molecule has 6 rings (SSSR count). The number of carboxylic acid groups (broad SMARTS) is 1. The highest BCUT2D eigenvalue weighted by Gasteiger charge is 2.38. The minimum atomic E-state index is -1.11. The van der Waals surface area contributed by atoms with Crippen LogP contribution in [0.15, 0.2) is 36.4 Å². The molecule has 38 heavy (non-hydrogen) atoms. The Balaban J connectivity index is 1.25. The van der Waals surface area contributed by atoms with Gasteiger partial charge < -0.3 is 15.3 Å². The van der Waals surface area contributed by atoms with Gasteiger partial charge in [-0.15, -0.1) is 0 Å². The standard InChI is InChI=1S/C29H36N4O5/c1-17(2)13-24(26(34)31-25-16-32-10-7-18(25)8-11-32)30-23(29(37)38)9-12-33-27(35)21-14-19-5-3-4-6-20(19)15-22(21)28(33)36/h3-6,14-15,17-18,23-25,30H,7-13,16H2,1-2H3,(H,31,34)(H,37,38)/t23-,24+,25-/m1/s1. The molecule has 4 aliphatic heterocycles. The van der Waals surface area contributed by atoms with Gasteiger partial charge >= 0.3 is 5.97 Å². The Morgan fingerprint density at radius 3 is 2.11 bits per heavy atom. The summed E-state index contributed by atoms with van der Waals surface area (Å²) in [5.41, 5.74) is 0.672. The molecule has 4 heterocycles. The zero-order valence-electron chi connectivity index (χ0n) is 22.0. The Bertz CT molecular complexity index is 1200. The summed E-state index contributed by atoms with van der Waals surface area (Å²) in [6, 6.07) is 9.27. The summed E-state index contributed by atoms with van der Waals surface area (Å²) in [6.07, 6.45) is 2.62. The zero-order chi connectivity index (χ0) is 27.0. The minimum absolute atomic E-state index is 0.00201. The summed E-state index contributed by atoms with van der Waals surface area (Å²) in [7, 11) is 0. The fourth-order valence-electron chi connectivity index (χ4n) is 6.09. The first-order valence-electron chi connectivity index (χ1n) is 13.6. The molecular weight excluding hydrogens is 484 g/mol. The first-order chi connectivity index (χ1) is 18.2. The van der Waals surface area contributed by atoms with Crippen LogP contribution >= 0.6 is 0 Å². The van der Waals surface area contributed by atoms with Gasteiger partial charge in [0.25, 0.3) is 11.8 Å². The molecule has 2 aromatic carbocycles. The van der Waals surface area contributed by atoms with E-state index in [1.54, 1.807) is 12.1 Å². The number of carbonyl (C=O) groups is 4. The molecule has 3 fully saturated rings. The number of benzene rings is 2. The van der Waals surface area contributed by atoms with Crippen LogP contribution in [0, 0.1) is 11.8 Å². The Morgan fingerprint density at radius 1 is 1.00 bits per heavy atom. The summed E-state index contributed by atoms with van der Waals surface area (Å²) in [4.78, 5) is 55.1. The Kier molecular flexibility index (Phi) is 7.49. The van der Waals surface area contributed by atoms with Crippen LogP contribution in [0.3, 0.4) is 0 Å². The summed E-state index contributed by atoms with van der Waals surface area (Å²) in [5, 5.41) is 17.9. The van der Waals surface area contributed by atoms with E-state index in [9.17, 15) is 24.3 Å². The second kappa shape index (κ2) is 10.8. The highest BCUT2D eigenvalue weighted by atomic mass is 16.4. The van der Waals surface area contributed by atoms with E-state index in [0.29, 0.717) is 23.5 Å². The van der Waals surface area contributed by atoms with Crippen molar-refractivity contribution in [3.8, 4) is 0 Å². The van der Waals surface area contributed by atoms with E-state index >= 15 is 0 Å². The maximum atomic E-state index is 13.3. The third kappa shape index (κ3) is 5.31. The van der Waals surface area contributed by atoms with E-state index in [4.69, 9.17) is 0 Å². The van der Waals surface area contributed by atoms with E-state index in [1.165, 1.54) is 0 Å². The van der Waals surface area contributed by atoms with Crippen LogP contribution in [0.5, 0.6) is 0 Å². The molecule has 3 saturated heterocycles. The van der Waals surface area contributed by atoms with Gasteiger partial charge in [-0.05, 0) is 73.5 Å². The fraction of sp³-hybridized carbons (Fsp3) is 0.517.